The Balaban J connectivity index is 2.32. The monoisotopic (exact) mass is 249 g/mol. The lowest BCUT2D eigenvalue weighted by Gasteiger charge is -2.22. The molecular weight excluding hydrogens is 226 g/mol. The second kappa shape index (κ2) is 4.07. The van der Waals surface area contributed by atoms with Gasteiger partial charge in [-0.3, -0.25) is 0 Å². The molecule has 0 aromatic carbocycles. The Hall–Kier alpha value is -1.39. The predicted molar refractivity (Wildman–Crippen MR) is 73.6 cm³/mol. The van der Waals surface area contributed by atoms with Crippen LogP contribution < -0.4 is 10.6 Å². The molecule has 2 heterocycles. The summed E-state index contributed by atoms with van der Waals surface area (Å²) in [4.78, 5) is 15.3. The summed E-state index contributed by atoms with van der Waals surface area (Å²) in [7, 11) is 0. The molecular formula is C13H23N5. The van der Waals surface area contributed by atoms with Gasteiger partial charge in [0.1, 0.15) is 5.82 Å². The molecule has 5 heteroatoms. The van der Waals surface area contributed by atoms with E-state index in [1.54, 1.807) is 0 Å². The molecule has 1 saturated heterocycles. The Morgan fingerprint density at radius 2 is 1.83 bits per heavy atom. The van der Waals surface area contributed by atoms with Gasteiger partial charge in [-0.15, -0.1) is 0 Å². The number of hydrogen-bond acceptors (Lipinski definition) is 5. The lowest BCUT2D eigenvalue weighted by Crippen LogP contribution is -2.27. The van der Waals surface area contributed by atoms with Crippen molar-refractivity contribution in [1.82, 2.24) is 15.0 Å². The van der Waals surface area contributed by atoms with E-state index in [9.17, 15) is 0 Å². The molecule has 1 aromatic heterocycles. The van der Waals surface area contributed by atoms with Crippen molar-refractivity contribution in [3.05, 3.63) is 5.82 Å². The van der Waals surface area contributed by atoms with E-state index in [0.29, 0.717) is 11.4 Å². The highest BCUT2D eigenvalue weighted by molar-refractivity contribution is 5.37. The quantitative estimate of drug-likeness (QED) is 0.824. The molecule has 100 valence electrons. The third-order valence-electron chi connectivity index (χ3n) is 3.27. The highest BCUT2D eigenvalue weighted by Crippen LogP contribution is 2.31. The van der Waals surface area contributed by atoms with E-state index in [-0.39, 0.29) is 5.41 Å². The molecule has 0 atom stereocenters. The van der Waals surface area contributed by atoms with E-state index in [1.807, 2.05) is 0 Å². The van der Waals surface area contributed by atoms with Crippen LogP contribution in [0.2, 0.25) is 0 Å². The van der Waals surface area contributed by atoms with Crippen LogP contribution in [0.5, 0.6) is 0 Å². The maximum absolute atomic E-state index is 5.80. The van der Waals surface area contributed by atoms with Crippen LogP contribution >= 0.6 is 0 Å². The lowest BCUT2D eigenvalue weighted by atomic mass is 9.93. The van der Waals surface area contributed by atoms with Gasteiger partial charge >= 0.3 is 0 Å². The summed E-state index contributed by atoms with van der Waals surface area (Å²) in [6.45, 7) is 12.7. The highest BCUT2D eigenvalue weighted by atomic mass is 15.3. The van der Waals surface area contributed by atoms with Gasteiger partial charge in [-0.05, 0) is 11.8 Å². The maximum Gasteiger partial charge on any atom is 0.230 e. The van der Waals surface area contributed by atoms with E-state index in [1.165, 1.54) is 0 Å². The van der Waals surface area contributed by atoms with Gasteiger partial charge in [0, 0.05) is 18.5 Å². The number of hydrogen-bond donors (Lipinski definition) is 1. The van der Waals surface area contributed by atoms with Gasteiger partial charge in [0.05, 0.1) is 0 Å². The Morgan fingerprint density at radius 1 is 1.17 bits per heavy atom. The molecule has 1 fully saturated rings. The fourth-order valence-electron chi connectivity index (χ4n) is 2.14. The second-order valence-corrected chi connectivity index (χ2v) is 6.90. The van der Waals surface area contributed by atoms with Crippen molar-refractivity contribution in [1.29, 1.82) is 0 Å². The molecule has 2 rings (SSSR count). The predicted octanol–water partition coefficient (Wildman–Crippen LogP) is 1.99. The molecule has 0 unspecified atom stereocenters. The second-order valence-electron chi connectivity index (χ2n) is 6.90. The van der Waals surface area contributed by atoms with Crippen LogP contribution in [-0.4, -0.2) is 28.0 Å². The Labute approximate surface area is 109 Å². The topological polar surface area (TPSA) is 67.9 Å². The largest absolute Gasteiger partial charge is 0.368 e. The Morgan fingerprint density at radius 3 is 2.33 bits per heavy atom. The van der Waals surface area contributed by atoms with Crippen LogP contribution in [0.15, 0.2) is 0 Å². The first kappa shape index (κ1) is 13.1. The van der Waals surface area contributed by atoms with Gasteiger partial charge in [0.15, 0.2) is 0 Å². The molecule has 2 N–H and O–H groups in total. The molecule has 0 bridgehead atoms. The number of nitrogens with zero attached hydrogens (tertiary/aromatic N) is 4. The third kappa shape index (κ3) is 2.71. The molecule has 0 saturated carbocycles. The third-order valence-corrected chi connectivity index (χ3v) is 3.27. The maximum atomic E-state index is 5.80. The van der Waals surface area contributed by atoms with Crippen LogP contribution in [-0.2, 0) is 5.41 Å². The first-order valence-corrected chi connectivity index (χ1v) is 6.44. The van der Waals surface area contributed by atoms with Gasteiger partial charge in [-0.25, -0.2) is 0 Å². The number of rotatable bonds is 1. The first-order valence-electron chi connectivity index (χ1n) is 6.44. The van der Waals surface area contributed by atoms with Crippen molar-refractivity contribution >= 4 is 11.9 Å². The van der Waals surface area contributed by atoms with Gasteiger partial charge in [0.2, 0.25) is 11.9 Å². The molecule has 0 amide bonds. The van der Waals surface area contributed by atoms with Gasteiger partial charge in [-0.2, -0.15) is 15.0 Å². The average molecular weight is 249 g/mol. The number of aromatic nitrogens is 3. The summed E-state index contributed by atoms with van der Waals surface area (Å²) < 4.78 is 0. The molecule has 1 aliphatic rings. The lowest BCUT2D eigenvalue weighted by molar-refractivity contribution is 0.418. The summed E-state index contributed by atoms with van der Waals surface area (Å²) in [6, 6.07) is 0. The van der Waals surface area contributed by atoms with Crippen molar-refractivity contribution in [2.75, 3.05) is 23.7 Å². The summed E-state index contributed by atoms with van der Waals surface area (Å²) in [5.41, 5.74) is 6.02. The van der Waals surface area contributed by atoms with E-state index in [4.69, 9.17) is 5.73 Å². The smallest absolute Gasteiger partial charge is 0.230 e. The number of nitrogen functional groups attached to an aromatic ring is 1. The Kier molecular flexibility index (Phi) is 2.95. The van der Waals surface area contributed by atoms with Gasteiger partial charge < -0.3 is 10.6 Å². The summed E-state index contributed by atoms with van der Waals surface area (Å²) in [6.07, 6.45) is 1.16. The molecule has 0 spiro atoms. The van der Waals surface area contributed by atoms with Crippen molar-refractivity contribution in [3.63, 3.8) is 0 Å². The average Bonchev–Trinajstić information content (AvgIpc) is 2.56. The van der Waals surface area contributed by atoms with Crippen LogP contribution in [0.4, 0.5) is 11.9 Å². The molecule has 18 heavy (non-hydrogen) atoms. The van der Waals surface area contributed by atoms with Gasteiger partial charge in [0.25, 0.3) is 0 Å². The standard InChI is InChI=1S/C13H23N5/c1-12(2,3)9-15-10(14)17-11(16-9)18-7-6-13(4,5)8-18/h6-8H2,1-5H3,(H2,14,15,16,17). The first-order chi connectivity index (χ1) is 8.17. The van der Waals surface area contributed by atoms with Crippen molar-refractivity contribution in [2.45, 2.75) is 46.5 Å². The van der Waals surface area contributed by atoms with Crippen molar-refractivity contribution in [3.8, 4) is 0 Å². The minimum atomic E-state index is -0.110. The Bertz CT molecular complexity index is 447. The fraction of sp³-hybridized carbons (Fsp3) is 0.769. The SMILES string of the molecule is CC1(C)CCN(c2nc(N)nc(C(C)(C)C)n2)C1. The van der Waals surface area contributed by atoms with Crippen LogP contribution in [0.3, 0.4) is 0 Å². The van der Waals surface area contributed by atoms with E-state index in [2.05, 4.69) is 54.5 Å². The zero-order valence-electron chi connectivity index (χ0n) is 12.0. The van der Waals surface area contributed by atoms with Crippen molar-refractivity contribution in [2.24, 2.45) is 5.41 Å². The molecule has 1 aliphatic heterocycles. The fourth-order valence-corrected chi connectivity index (χ4v) is 2.14. The molecule has 5 nitrogen and oxygen atoms in total. The minimum absolute atomic E-state index is 0.110. The summed E-state index contributed by atoms with van der Waals surface area (Å²) >= 11 is 0. The summed E-state index contributed by atoms with van der Waals surface area (Å²) in [5.74, 6) is 1.79. The van der Waals surface area contributed by atoms with E-state index >= 15 is 0 Å². The van der Waals surface area contributed by atoms with Crippen LogP contribution in [0, 0.1) is 5.41 Å². The van der Waals surface area contributed by atoms with Crippen LogP contribution in [0.1, 0.15) is 46.9 Å². The highest BCUT2D eigenvalue weighted by Gasteiger charge is 2.31. The summed E-state index contributed by atoms with van der Waals surface area (Å²) in [5, 5.41) is 0. The molecule has 0 radical (unpaired) electrons. The zero-order valence-corrected chi connectivity index (χ0v) is 12.0. The molecule has 1 aromatic rings. The molecule has 0 aliphatic carbocycles. The normalized spacial score (nSPS) is 19.3. The minimum Gasteiger partial charge on any atom is -0.368 e. The van der Waals surface area contributed by atoms with Gasteiger partial charge in [-0.1, -0.05) is 34.6 Å². The van der Waals surface area contributed by atoms with Crippen molar-refractivity contribution < 1.29 is 0 Å². The van der Waals surface area contributed by atoms with E-state index < -0.39 is 0 Å². The van der Waals surface area contributed by atoms with E-state index in [0.717, 1.165) is 31.3 Å². The number of anilines is 2. The van der Waals surface area contributed by atoms with Crippen LogP contribution in [0.25, 0.3) is 0 Å². The number of nitrogens with two attached hydrogens (primary N) is 1. The zero-order chi connectivity index (χ0) is 13.6.